The molecule has 0 aliphatic carbocycles. The zero-order valence-electron chi connectivity index (χ0n) is 18.9. The molecular weight excluding hydrogens is 431 g/mol. The Labute approximate surface area is 197 Å². The van der Waals surface area contributed by atoms with E-state index in [4.69, 9.17) is 4.74 Å². The van der Waals surface area contributed by atoms with Crippen molar-refractivity contribution in [1.82, 2.24) is 14.9 Å². The average Bonchev–Trinajstić information content (AvgIpc) is 2.89. The quantitative estimate of drug-likeness (QED) is 0.441. The third-order valence-corrected chi connectivity index (χ3v) is 6.04. The van der Waals surface area contributed by atoms with Gasteiger partial charge in [0.15, 0.2) is 6.10 Å². The van der Waals surface area contributed by atoms with Gasteiger partial charge in [0.05, 0.1) is 28.6 Å². The van der Waals surface area contributed by atoms with E-state index in [1.165, 1.54) is 6.07 Å². The highest BCUT2D eigenvalue weighted by Crippen LogP contribution is 2.24. The topological polar surface area (TPSA) is 58.6 Å². The second-order valence-corrected chi connectivity index (χ2v) is 8.29. The highest BCUT2D eigenvalue weighted by Gasteiger charge is 2.27. The Balaban J connectivity index is 1.19. The van der Waals surface area contributed by atoms with Gasteiger partial charge in [-0.3, -0.25) is 9.78 Å². The Bertz CT molecular complexity index is 1300. The fourth-order valence-corrected chi connectivity index (χ4v) is 4.19. The van der Waals surface area contributed by atoms with Crippen molar-refractivity contribution >= 4 is 22.6 Å². The van der Waals surface area contributed by atoms with E-state index in [0.717, 1.165) is 22.3 Å². The first-order valence-corrected chi connectivity index (χ1v) is 11.4. The number of para-hydroxylation sites is 3. The number of aromatic nitrogens is 2. The van der Waals surface area contributed by atoms with Crippen molar-refractivity contribution in [2.75, 3.05) is 31.1 Å². The highest BCUT2D eigenvalue weighted by molar-refractivity contribution is 5.81. The van der Waals surface area contributed by atoms with Crippen LogP contribution < -0.4 is 9.64 Å². The summed E-state index contributed by atoms with van der Waals surface area (Å²) in [6.45, 7) is 3.98. The van der Waals surface area contributed by atoms with Crippen LogP contribution in [0.2, 0.25) is 0 Å². The minimum absolute atomic E-state index is 0.0716. The number of piperazine rings is 1. The van der Waals surface area contributed by atoms with Gasteiger partial charge in [-0.05, 0) is 55.5 Å². The maximum absolute atomic E-state index is 14.1. The fourth-order valence-electron chi connectivity index (χ4n) is 4.19. The van der Waals surface area contributed by atoms with Crippen LogP contribution in [0.25, 0.3) is 22.3 Å². The summed E-state index contributed by atoms with van der Waals surface area (Å²) in [6.07, 6.45) is 1.14. The smallest absolute Gasteiger partial charge is 0.263 e. The monoisotopic (exact) mass is 456 g/mol. The van der Waals surface area contributed by atoms with E-state index < -0.39 is 6.10 Å². The van der Waals surface area contributed by atoms with Crippen LogP contribution in [-0.2, 0) is 4.79 Å². The van der Waals surface area contributed by atoms with E-state index in [-0.39, 0.29) is 11.7 Å². The van der Waals surface area contributed by atoms with Crippen molar-refractivity contribution in [2.45, 2.75) is 13.0 Å². The van der Waals surface area contributed by atoms with Gasteiger partial charge in [-0.15, -0.1) is 0 Å². The minimum Gasteiger partial charge on any atom is -0.481 e. The lowest BCUT2D eigenvalue weighted by Gasteiger charge is -2.37. The number of fused-ring (bicyclic) bond motifs is 1. The van der Waals surface area contributed by atoms with Gasteiger partial charge in [-0.2, -0.15) is 0 Å². The van der Waals surface area contributed by atoms with Gasteiger partial charge in [-0.25, -0.2) is 9.37 Å². The number of nitrogens with zero attached hydrogens (tertiary/aromatic N) is 4. The molecule has 2 heterocycles. The second kappa shape index (κ2) is 9.47. The molecule has 1 aliphatic heterocycles. The molecule has 1 amide bonds. The van der Waals surface area contributed by atoms with Crippen LogP contribution in [-0.4, -0.2) is 53.1 Å². The van der Waals surface area contributed by atoms with Crippen LogP contribution in [0.4, 0.5) is 10.1 Å². The summed E-state index contributed by atoms with van der Waals surface area (Å²) in [6, 6.07) is 22.0. The fraction of sp³-hybridized carbons (Fsp3) is 0.222. The number of hydrogen-bond acceptors (Lipinski definition) is 5. The van der Waals surface area contributed by atoms with Crippen molar-refractivity contribution in [2.24, 2.45) is 0 Å². The van der Waals surface area contributed by atoms with Crippen molar-refractivity contribution in [3.8, 4) is 17.0 Å². The van der Waals surface area contributed by atoms with Crippen LogP contribution in [0.5, 0.6) is 5.75 Å². The molecule has 0 radical (unpaired) electrons. The molecule has 1 aliphatic rings. The molecule has 4 aromatic rings. The molecule has 1 saturated heterocycles. The summed E-state index contributed by atoms with van der Waals surface area (Å²) in [7, 11) is 0. The lowest BCUT2D eigenvalue weighted by molar-refractivity contribution is -0.138. The molecule has 0 saturated carbocycles. The number of ether oxygens (including phenoxy) is 1. The number of rotatable bonds is 5. The third kappa shape index (κ3) is 4.55. The molecule has 1 fully saturated rings. The molecule has 6 nitrogen and oxygen atoms in total. The Morgan fingerprint density at radius 3 is 2.32 bits per heavy atom. The maximum atomic E-state index is 14.1. The predicted molar refractivity (Wildman–Crippen MR) is 130 cm³/mol. The molecule has 34 heavy (non-hydrogen) atoms. The Hall–Kier alpha value is -4.00. The normalized spacial score (nSPS) is 14.8. The first-order valence-electron chi connectivity index (χ1n) is 11.4. The van der Waals surface area contributed by atoms with Crippen LogP contribution in [0.3, 0.4) is 0 Å². The lowest BCUT2D eigenvalue weighted by Crippen LogP contribution is -2.52. The zero-order chi connectivity index (χ0) is 23.5. The first-order chi connectivity index (χ1) is 16.6. The van der Waals surface area contributed by atoms with Gasteiger partial charge in [0.1, 0.15) is 11.6 Å². The molecule has 1 aromatic heterocycles. The summed E-state index contributed by atoms with van der Waals surface area (Å²) in [4.78, 5) is 25.8. The van der Waals surface area contributed by atoms with E-state index in [9.17, 15) is 9.18 Å². The summed E-state index contributed by atoms with van der Waals surface area (Å²) in [5, 5.41) is 0. The number of halogens is 1. The Morgan fingerprint density at radius 2 is 1.59 bits per heavy atom. The molecule has 1 unspecified atom stereocenters. The van der Waals surface area contributed by atoms with E-state index in [1.807, 2.05) is 59.5 Å². The van der Waals surface area contributed by atoms with Gasteiger partial charge in [0, 0.05) is 31.7 Å². The van der Waals surface area contributed by atoms with Gasteiger partial charge in [-0.1, -0.05) is 24.3 Å². The number of hydrogen-bond donors (Lipinski definition) is 0. The van der Waals surface area contributed by atoms with Crippen LogP contribution in [0.15, 0.2) is 79.0 Å². The van der Waals surface area contributed by atoms with E-state index >= 15 is 0 Å². The van der Waals surface area contributed by atoms with Gasteiger partial charge in [0.2, 0.25) is 0 Å². The molecule has 0 spiro atoms. The number of amides is 1. The average molecular weight is 457 g/mol. The lowest BCUT2D eigenvalue weighted by atomic mass is 10.1. The molecule has 1 atom stereocenters. The Morgan fingerprint density at radius 1 is 0.912 bits per heavy atom. The standard InChI is InChI=1S/C27H25FN4O2/c1-19(27(33)32-16-14-31(15-17-32)26-9-5-2-6-22(26)28)34-21-12-10-20(11-13-21)25-18-29-23-7-3-4-8-24(23)30-25/h2-13,18-19H,14-17H2,1H3. The van der Waals surface area contributed by atoms with E-state index in [1.54, 1.807) is 30.2 Å². The van der Waals surface area contributed by atoms with Crippen molar-refractivity contribution in [3.05, 3.63) is 84.8 Å². The number of carbonyl (C=O) groups excluding carboxylic acids is 1. The van der Waals surface area contributed by atoms with Crippen LogP contribution in [0, 0.1) is 5.82 Å². The van der Waals surface area contributed by atoms with Gasteiger partial charge >= 0.3 is 0 Å². The molecule has 5 rings (SSSR count). The summed E-state index contributed by atoms with van der Waals surface area (Å²) in [5.74, 6) is 0.304. The largest absolute Gasteiger partial charge is 0.481 e. The van der Waals surface area contributed by atoms with Gasteiger partial charge in [0.25, 0.3) is 5.91 Å². The third-order valence-electron chi connectivity index (χ3n) is 6.04. The molecule has 0 bridgehead atoms. The number of anilines is 1. The predicted octanol–water partition coefficient (Wildman–Crippen LogP) is 4.55. The maximum Gasteiger partial charge on any atom is 0.263 e. The first kappa shape index (κ1) is 21.8. The van der Waals surface area contributed by atoms with Crippen molar-refractivity contribution in [3.63, 3.8) is 0 Å². The van der Waals surface area contributed by atoms with Crippen molar-refractivity contribution < 1.29 is 13.9 Å². The van der Waals surface area contributed by atoms with Crippen molar-refractivity contribution in [1.29, 1.82) is 0 Å². The molecule has 7 heteroatoms. The molecule has 172 valence electrons. The van der Waals surface area contributed by atoms with E-state index in [0.29, 0.717) is 37.6 Å². The summed E-state index contributed by atoms with van der Waals surface area (Å²) < 4.78 is 20.0. The zero-order valence-corrected chi connectivity index (χ0v) is 18.9. The second-order valence-electron chi connectivity index (χ2n) is 8.29. The molecule has 3 aromatic carbocycles. The molecular formula is C27H25FN4O2. The van der Waals surface area contributed by atoms with Crippen LogP contribution in [0.1, 0.15) is 6.92 Å². The SMILES string of the molecule is CC(Oc1ccc(-c2cnc3ccccc3n2)cc1)C(=O)N1CCN(c2ccccc2F)CC1. The van der Waals surface area contributed by atoms with E-state index in [2.05, 4.69) is 9.97 Å². The number of carbonyl (C=O) groups is 1. The highest BCUT2D eigenvalue weighted by atomic mass is 19.1. The Kier molecular flexibility index (Phi) is 6.08. The van der Waals surface area contributed by atoms with Crippen LogP contribution >= 0.6 is 0 Å². The minimum atomic E-state index is -0.619. The molecule has 0 N–H and O–H groups in total. The number of benzene rings is 3. The summed E-state index contributed by atoms with van der Waals surface area (Å²) >= 11 is 0. The summed E-state index contributed by atoms with van der Waals surface area (Å²) in [5.41, 5.74) is 3.98. The van der Waals surface area contributed by atoms with Gasteiger partial charge < -0.3 is 14.5 Å².